The molecule has 0 aliphatic rings. The van der Waals surface area contributed by atoms with E-state index in [1.165, 1.54) is 44.8 Å². The molecule has 2 unspecified atom stereocenters. The van der Waals surface area contributed by atoms with Crippen molar-refractivity contribution in [1.82, 2.24) is 10.6 Å². The lowest BCUT2D eigenvalue weighted by Crippen LogP contribution is -2.44. The van der Waals surface area contributed by atoms with Gasteiger partial charge in [-0.05, 0) is 25.7 Å². The highest BCUT2D eigenvalue weighted by Crippen LogP contribution is 2.10. The van der Waals surface area contributed by atoms with Gasteiger partial charge >= 0.3 is 0 Å². The zero-order chi connectivity index (χ0) is 17.7. The van der Waals surface area contributed by atoms with E-state index in [1.54, 1.807) is 7.05 Å². The highest BCUT2D eigenvalue weighted by molar-refractivity contribution is 14.0. The number of hydrogen-bond donors (Lipinski definition) is 2. The van der Waals surface area contributed by atoms with Crippen LogP contribution < -0.4 is 10.6 Å². The van der Waals surface area contributed by atoms with Crippen molar-refractivity contribution < 1.29 is 8.42 Å². The molecule has 0 aliphatic carbocycles. The molecular formula is C17H38IN3O2S. The van der Waals surface area contributed by atoms with Crippen LogP contribution in [-0.4, -0.2) is 46.0 Å². The highest BCUT2D eigenvalue weighted by Gasteiger charge is 2.10. The van der Waals surface area contributed by atoms with E-state index in [2.05, 4.69) is 29.5 Å². The van der Waals surface area contributed by atoms with Crippen LogP contribution >= 0.6 is 24.0 Å². The predicted octanol–water partition coefficient (Wildman–Crippen LogP) is 3.59. The first-order valence-electron chi connectivity index (χ1n) is 8.93. The summed E-state index contributed by atoms with van der Waals surface area (Å²) in [7, 11) is -1.16. The summed E-state index contributed by atoms with van der Waals surface area (Å²) >= 11 is 0. The number of sulfone groups is 1. The maximum atomic E-state index is 11.2. The van der Waals surface area contributed by atoms with Gasteiger partial charge in [0.15, 0.2) is 5.96 Å². The maximum Gasteiger partial charge on any atom is 0.191 e. The number of unbranched alkanes of at least 4 members (excludes halogenated alkanes) is 4. The number of guanidine groups is 1. The van der Waals surface area contributed by atoms with Crippen molar-refractivity contribution in [3.05, 3.63) is 0 Å². The van der Waals surface area contributed by atoms with Gasteiger partial charge in [0.2, 0.25) is 0 Å². The minimum absolute atomic E-state index is 0. The standard InChI is InChI=1S/C17H37N3O2S.HI/c1-6-7-8-9-10-11-15(2)14-19-17(18-4)20-16(3)12-13-23(5,21)22;/h15-16H,6-14H2,1-5H3,(H2,18,19,20);1H. The molecule has 5 nitrogen and oxygen atoms in total. The Kier molecular flexibility index (Phi) is 16.6. The monoisotopic (exact) mass is 475 g/mol. The van der Waals surface area contributed by atoms with Gasteiger partial charge in [-0.3, -0.25) is 4.99 Å². The molecule has 0 rings (SSSR count). The summed E-state index contributed by atoms with van der Waals surface area (Å²) in [4.78, 5) is 4.21. The van der Waals surface area contributed by atoms with Crippen LogP contribution in [0.3, 0.4) is 0 Å². The molecule has 24 heavy (non-hydrogen) atoms. The number of halogens is 1. The topological polar surface area (TPSA) is 70.6 Å². The fourth-order valence-electron chi connectivity index (χ4n) is 2.36. The van der Waals surface area contributed by atoms with Crippen molar-refractivity contribution in [2.45, 2.75) is 71.8 Å². The van der Waals surface area contributed by atoms with Gasteiger partial charge in [-0.25, -0.2) is 8.42 Å². The van der Waals surface area contributed by atoms with E-state index in [9.17, 15) is 8.42 Å². The average Bonchev–Trinajstić information content (AvgIpc) is 2.48. The normalized spacial score (nSPS) is 14.6. The molecule has 0 aliphatic heterocycles. The molecule has 0 radical (unpaired) electrons. The number of nitrogens with one attached hydrogen (secondary N) is 2. The fourth-order valence-corrected chi connectivity index (χ4v) is 3.14. The Labute approximate surface area is 166 Å². The second kappa shape index (κ2) is 15.2. The molecule has 0 bridgehead atoms. The lowest BCUT2D eigenvalue weighted by Gasteiger charge is -2.19. The minimum Gasteiger partial charge on any atom is -0.356 e. The quantitative estimate of drug-likeness (QED) is 0.196. The highest BCUT2D eigenvalue weighted by atomic mass is 127. The molecule has 7 heteroatoms. The third-order valence-electron chi connectivity index (χ3n) is 3.95. The molecule has 0 spiro atoms. The van der Waals surface area contributed by atoms with E-state index < -0.39 is 9.84 Å². The van der Waals surface area contributed by atoms with Gasteiger partial charge in [-0.1, -0.05) is 46.0 Å². The molecule has 2 atom stereocenters. The molecule has 0 saturated heterocycles. The molecule has 146 valence electrons. The smallest absolute Gasteiger partial charge is 0.191 e. The largest absolute Gasteiger partial charge is 0.356 e. The van der Waals surface area contributed by atoms with Crippen LogP contribution in [0.1, 0.15) is 65.7 Å². The van der Waals surface area contributed by atoms with E-state index in [0.29, 0.717) is 12.3 Å². The second-order valence-electron chi connectivity index (χ2n) is 6.73. The van der Waals surface area contributed by atoms with Crippen molar-refractivity contribution in [2.75, 3.05) is 25.6 Å². The van der Waals surface area contributed by atoms with Crippen LogP contribution in [0, 0.1) is 5.92 Å². The van der Waals surface area contributed by atoms with E-state index in [0.717, 1.165) is 12.5 Å². The SMILES string of the molecule is CCCCCCCC(C)CNC(=NC)NC(C)CCS(C)(=O)=O.I. The van der Waals surface area contributed by atoms with Crippen LogP contribution in [0.5, 0.6) is 0 Å². The predicted molar refractivity (Wildman–Crippen MR) is 116 cm³/mol. The summed E-state index contributed by atoms with van der Waals surface area (Å²) in [5.74, 6) is 1.57. The molecule has 0 fully saturated rings. The van der Waals surface area contributed by atoms with Crippen molar-refractivity contribution in [2.24, 2.45) is 10.9 Å². The van der Waals surface area contributed by atoms with E-state index >= 15 is 0 Å². The van der Waals surface area contributed by atoms with Gasteiger partial charge in [0, 0.05) is 25.9 Å². The molecule has 0 aromatic heterocycles. The first kappa shape index (κ1) is 26.2. The number of hydrogen-bond acceptors (Lipinski definition) is 3. The molecule has 0 heterocycles. The Morgan fingerprint density at radius 1 is 1.08 bits per heavy atom. The number of rotatable bonds is 12. The Morgan fingerprint density at radius 2 is 1.71 bits per heavy atom. The number of nitrogens with zero attached hydrogens (tertiary/aromatic N) is 1. The lowest BCUT2D eigenvalue weighted by molar-refractivity contribution is 0.475. The Hall–Kier alpha value is -0.0500. The van der Waals surface area contributed by atoms with Crippen LogP contribution in [0.25, 0.3) is 0 Å². The minimum atomic E-state index is -2.90. The molecular weight excluding hydrogens is 437 g/mol. The summed E-state index contributed by atoms with van der Waals surface area (Å²) in [6.45, 7) is 7.37. The molecule has 2 N–H and O–H groups in total. The van der Waals surface area contributed by atoms with Crippen LogP contribution in [0.15, 0.2) is 4.99 Å². The van der Waals surface area contributed by atoms with Crippen molar-refractivity contribution >= 4 is 39.8 Å². The van der Waals surface area contributed by atoms with E-state index in [-0.39, 0.29) is 35.8 Å². The van der Waals surface area contributed by atoms with Crippen molar-refractivity contribution in [3.8, 4) is 0 Å². The molecule has 0 saturated carbocycles. The first-order valence-corrected chi connectivity index (χ1v) is 11.0. The van der Waals surface area contributed by atoms with E-state index in [1.807, 2.05) is 6.92 Å². The zero-order valence-corrected chi connectivity index (χ0v) is 19.2. The van der Waals surface area contributed by atoms with Gasteiger partial charge in [0.1, 0.15) is 9.84 Å². The summed E-state index contributed by atoms with van der Waals surface area (Å²) in [5.41, 5.74) is 0. The Balaban J connectivity index is 0. The zero-order valence-electron chi connectivity index (χ0n) is 16.1. The van der Waals surface area contributed by atoms with Gasteiger partial charge < -0.3 is 10.6 Å². The fraction of sp³-hybridized carbons (Fsp3) is 0.941. The van der Waals surface area contributed by atoms with Crippen LogP contribution in [0.2, 0.25) is 0 Å². The third-order valence-corrected chi connectivity index (χ3v) is 4.92. The summed E-state index contributed by atoms with van der Waals surface area (Å²) < 4.78 is 22.4. The maximum absolute atomic E-state index is 11.2. The third kappa shape index (κ3) is 16.8. The molecule has 0 aromatic carbocycles. The van der Waals surface area contributed by atoms with Gasteiger partial charge in [-0.15, -0.1) is 24.0 Å². The van der Waals surface area contributed by atoms with Crippen molar-refractivity contribution in [3.63, 3.8) is 0 Å². The van der Waals surface area contributed by atoms with E-state index in [4.69, 9.17) is 0 Å². The Bertz CT molecular complexity index is 428. The van der Waals surface area contributed by atoms with Crippen LogP contribution in [-0.2, 0) is 9.84 Å². The van der Waals surface area contributed by atoms with Crippen molar-refractivity contribution in [1.29, 1.82) is 0 Å². The number of aliphatic imine (C=N–C) groups is 1. The summed E-state index contributed by atoms with van der Waals surface area (Å²) in [6.07, 6.45) is 9.69. The first-order chi connectivity index (χ1) is 10.8. The van der Waals surface area contributed by atoms with Gasteiger partial charge in [0.25, 0.3) is 0 Å². The summed E-state index contributed by atoms with van der Waals surface area (Å²) in [5, 5.41) is 6.59. The molecule has 0 aromatic rings. The van der Waals surface area contributed by atoms with Gasteiger partial charge in [0.05, 0.1) is 5.75 Å². The summed E-state index contributed by atoms with van der Waals surface area (Å²) in [6, 6.07) is 0.0836. The average molecular weight is 475 g/mol. The van der Waals surface area contributed by atoms with Crippen LogP contribution in [0.4, 0.5) is 0 Å². The second-order valence-corrected chi connectivity index (χ2v) is 8.98. The lowest BCUT2D eigenvalue weighted by atomic mass is 10.0. The van der Waals surface area contributed by atoms with Gasteiger partial charge in [-0.2, -0.15) is 0 Å². The Morgan fingerprint density at radius 3 is 2.25 bits per heavy atom. The molecule has 0 amide bonds.